The number of nitrogens with zero attached hydrogens (tertiary/aromatic N) is 1. The summed E-state index contributed by atoms with van der Waals surface area (Å²) in [5.41, 5.74) is -5.28. The summed E-state index contributed by atoms with van der Waals surface area (Å²) in [5.74, 6) is -1.74. The second-order valence-corrected chi connectivity index (χ2v) is 7.78. The first-order chi connectivity index (χ1) is 13.0. The summed E-state index contributed by atoms with van der Waals surface area (Å²) in [5, 5.41) is 0. The monoisotopic (exact) mass is 421 g/mol. The molecule has 1 fully saturated rings. The molecule has 0 amide bonds. The van der Waals surface area contributed by atoms with Crippen LogP contribution in [-0.4, -0.2) is 42.8 Å². The summed E-state index contributed by atoms with van der Waals surface area (Å²) in [7, 11) is -5.77. The van der Waals surface area contributed by atoms with Crippen molar-refractivity contribution >= 4 is 22.0 Å². The van der Waals surface area contributed by atoms with Gasteiger partial charge in [0.2, 0.25) is 0 Å². The van der Waals surface area contributed by atoms with Gasteiger partial charge in [-0.2, -0.15) is 21.6 Å². The molecule has 1 saturated heterocycles. The third kappa shape index (κ3) is 5.24. The zero-order valence-corrected chi connectivity index (χ0v) is 15.6. The van der Waals surface area contributed by atoms with E-state index in [0.717, 1.165) is 13.0 Å². The number of hydrogen-bond donors (Lipinski definition) is 0. The summed E-state index contributed by atoms with van der Waals surface area (Å²) < 4.78 is 72.8. The number of alkyl halides is 3. The smallest absolute Gasteiger partial charge is 0.464 e. The second-order valence-electron chi connectivity index (χ2n) is 5.97. The van der Waals surface area contributed by atoms with E-state index in [2.05, 4.69) is 4.74 Å². The maximum absolute atomic E-state index is 13.1. The standard InChI is InChI=1S/C17H18F3NO6S/c1-12(22)26-11-15-8-7-14(21(15)28(24,25)17(18,19)20)9-16(23)27-10-13-5-3-2-4-6-13/h2-6,9,15H,7-8,10-11H2,1H3/b14-9+/t15-/m0/s1. The van der Waals surface area contributed by atoms with Crippen molar-refractivity contribution in [3.63, 3.8) is 0 Å². The molecular formula is C17H18F3NO6S. The average molecular weight is 421 g/mol. The third-order valence-corrected chi connectivity index (χ3v) is 5.52. The maximum Gasteiger partial charge on any atom is 0.516 e. The highest BCUT2D eigenvalue weighted by Crippen LogP contribution is 2.38. The molecule has 0 N–H and O–H groups in total. The highest BCUT2D eigenvalue weighted by molar-refractivity contribution is 7.90. The van der Waals surface area contributed by atoms with Crippen molar-refractivity contribution in [3.05, 3.63) is 47.7 Å². The number of benzene rings is 1. The lowest BCUT2D eigenvalue weighted by molar-refractivity contribution is -0.142. The Morgan fingerprint density at radius 1 is 1.21 bits per heavy atom. The zero-order valence-electron chi connectivity index (χ0n) is 14.8. The topological polar surface area (TPSA) is 90.0 Å². The molecule has 0 radical (unpaired) electrons. The van der Waals surface area contributed by atoms with Gasteiger partial charge in [0.05, 0.1) is 6.04 Å². The van der Waals surface area contributed by atoms with E-state index in [0.29, 0.717) is 5.56 Å². The Morgan fingerprint density at radius 2 is 1.86 bits per heavy atom. The van der Waals surface area contributed by atoms with E-state index in [1.165, 1.54) is 0 Å². The van der Waals surface area contributed by atoms with Crippen LogP contribution in [0.4, 0.5) is 13.2 Å². The van der Waals surface area contributed by atoms with Gasteiger partial charge < -0.3 is 9.47 Å². The SMILES string of the molecule is CC(=O)OC[C@@H]1CC/C(=C\C(=O)OCc2ccccc2)N1S(=O)(=O)C(F)(F)F. The molecule has 0 saturated carbocycles. The van der Waals surface area contributed by atoms with Gasteiger partial charge in [0.25, 0.3) is 0 Å². The van der Waals surface area contributed by atoms with E-state index in [4.69, 9.17) is 4.74 Å². The van der Waals surface area contributed by atoms with Crippen LogP contribution in [0, 0.1) is 0 Å². The van der Waals surface area contributed by atoms with Crippen molar-refractivity contribution < 1.29 is 40.7 Å². The second kappa shape index (κ2) is 8.63. The van der Waals surface area contributed by atoms with E-state index in [1.54, 1.807) is 30.3 Å². The number of carbonyl (C=O) groups excluding carboxylic acids is 2. The summed E-state index contributed by atoms with van der Waals surface area (Å²) in [6.07, 6.45) is 0.558. The summed E-state index contributed by atoms with van der Waals surface area (Å²) in [6, 6.07) is 7.31. The number of allylic oxidation sites excluding steroid dienone is 1. The van der Waals surface area contributed by atoms with Crippen molar-refractivity contribution in [1.82, 2.24) is 4.31 Å². The molecule has 7 nitrogen and oxygen atoms in total. The van der Waals surface area contributed by atoms with Crippen molar-refractivity contribution in [1.29, 1.82) is 0 Å². The Morgan fingerprint density at radius 3 is 2.43 bits per heavy atom. The molecule has 0 aromatic heterocycles. The van der Waals surface area contributed by atoms with Crippen LogP contribution in [0.3, 0.4) is 0 Å². The van der Waals surface area contributed by atoms with Crippen LogP contribution >= 0.6 is 0 Å². The molecule has 1 aromatic rings. The molecule has 11 heteroatoms. The lowest BCUT2D eigenvalue weighted by atomic mass is 10.2. The Labute approximate surface area is 159 Å². The Balaban J connectivity index is 2.21. The Kier molecular flexibility index (Phi) is 6.70. The molecule has 2 rings (SSSR count). The van der Waals surface area contributed by atoms with Gasteiger partial charge in [-0.1, -0.05) is 30.3 Å². The molecule has 0 aliphatic carbocycles. The molecule has 154 valence electrons. The van der Waals surface area contributed by atoms with Gasteiger partial charge in [-0.25, -0.2) is 4.79 Å². The minimum atomic E-state index is -5.77. The third-order valence-electron chi connectivity index (χ3n) is 3.89. The normalized spacial score (nSPS) is 18.9. The first-order valence-corrected chi connectivity index (χ1v) is 9.61. The van der Waals surface area contributed by atoms with E-state index in [9.17, 15) is 31.2 Å². The number of esters is 2. The summed E-state index contributed by atoms with van der Waals surface area (Å²) in [4.78, 5) is 22.9. The molecule has 0 bridgehead atoms. The van der Waals surface area contributed by atoms with Crippen molar-refractivity contribution in [2.45, 2.75) is 37.9 Å². The first-order valence-electron chi connectivity index (χ1n) is 8.17. The van der Waals surface area contributed by atoms with Crippen molar-refractivity contribution in [3.8, 4) is 0 Å². The van der Waals surface area contributed by atoms with Crippen LogP contribution in [0.2, 0.25) is 0 Å². The number of ether oxygens (including phenoxy) is 2. The van der Waals surface area contributed by atoms with Gasteiger partial charge >= 0.3 is 27.5 Å². The van der Waals surface area contributed by atoms with Crippen molar-refractivity contribution in [2.75, 3.05) is 6.61 Å². The predicted molar refractivity (Wildman–Crippen MR) is 90.8 cm³/mol. The van der Waals surface area contributed by atoms with Crippen LogP contribution in [-0.2, 0) is 35.7 Å². The van der Waals surface area contributed by atoms with E-state index < -0.39 is 40.1 Å². The van der Waals surface area contributed by atoms with Gasteiger partial charge in [0.15, 0.2) is 0 Å². The number of rotatable bonds is 6. The van der Waals surface area contributed by atoms with Gasteiger partial charge in [-0.05, 0) is 18.4 Å². The Hall–Kier alpha value is -2.56. The number of carbonyl (C=O) groups is 2. The molecule has 0 spiro atoms. The minimum Gasteiger partial charge on any atom is -0.464 e. The zero-order chi connectivity index (χ0) is 20.9. The van der Waals surface area contributed by atoms with Crippen LogP contribution in [0.5, 0.6) is 0 Å². The fourth-order valence-corrected chi connectivity index (χ4v) is 3.88. The number of halogens is 3. The molecule has 28 heavy (non-hydrogen) atoms. The lowest BCUT2D eigenvalue weighted by Crippen LogP contribution is -2.44. The van der Waals surface area contributed by atoms with E-state index >= 15 is 0 Å². The van der Waals surface area contributed by atoms with Crippen LogP contribution in [0.25, 0.3) is 0 Å². The fraction of sp³-hybridized carbons (Fsp3) is 0.412. The molecule has 1 aliphatic heterocycles. The van der Waals surface area contributed by atoms with Crippen LogP contribution in [0.15, 0.2) is 42.1 Å². The maximum atomic E-state index is 13.1. The first kappa shape index (κ1) is 21.7. The van der Waals surface area contributed by atoms with Crippen LogP contribution < -0.4 is 0 Å². The Bertz CT molecular complexity index is 851. The molecule has 1 atom stereocenters. The average Bonchev–Trinajstić information content (AvgIpc) is 3.01. The highest BCUT2D eigenvalue weighted by atomic mass is 32.2. The van der Waals surface area contributed by atoms with Gasteiger partial charge in [0.1, 0.15) is 13.2 Å². The molecule has 1 aliphatic rings. The largest absolute Gasteiger partial charge is 0.516 e. The van der Waals surface area contributed by atoms with Gasteiger partial charge in [-0.3, -0.25) is 9.10 Å². The van der Waals surface area contributed by atoms with Crippen LogP contribution in [0.1, 0.15) is 25.3 Å². The lowest BCUT2D eigenvalue weighted by Gasteiger charge is -2.27. The summed E-state index contributed by atoms with van der Waals surface area (Å²) >= 11 is 0. The fourth-order valence-electron chi connectivity index (χ4n) is 2.65. The molecule has 1 heterocycles. The summed E-state index contributed by atoms with van der Waals surface area (Å²) in [6.45, 7) is 0.378. The molecule has 0 unspecified atom stereocenters. The van der Waals surface area contributed by atoms with Gasteiger partial charge in [0, 0.05) is 18.7 Å². The highest BCUT2D eigenvalue weighted by Gasteiger charge is 2.54. The number of sulfonamides is 1. The van der Waals surface area contributed by atoms with Crippen molar-refractivity contribution in [2.24, 2.45) is 0 Å². The predicted octanol–water partition coefficient (Wildman–Crippen LogP) is 2.49. The molecule has 1 aromatic carbocycles. The minimum absolute atomic E-state index is 0.0413. The number of hydrogen-bond acceptors (Lipinski definition) is 6. The van der Waals surface area contributed by atoms with E-state index in [1.807, 2.05) is 0 Å². The quantitative estimate of drug-likeness (QED) is 0.518. The van der Waals surface area contributed by atoms with E-state index in [-0.39, 0.29) is 29.5 Å². The molecular weight excluding hydrogens is 403 g/mol. The van der Waals surface area contributed by atoms with Gasteiger partial charge in [-0.15, -0.1) is 0 Å².